The number of aliphatic hydroxyl groups excluding tert-OH is 4. The number of carbonyl (C=O) groups is 2. The number of rotatable bonds is 4. The van der Waals surface area contributed by atoms with E-state index in [2.05, 4.69) is 0 Å². The van der Waals surface area contributed by atoms with Crippen molar-refractivity contribution in [3.05, 3.63) is 0 Å². The van der Waals surface area contributed by atoms with E-state index in [1.807, 2.05) is 0 Å². The van der Waals surface area contributed by atoms with Crippen LogP contribution in [0.5, 0.6) is 0 Å². The van der Waals surface area contributed by atoms with Crippen LogP contribution in [-0.4, -0.2) is 101 Å². The second-order valence-corrected chi connectivity index (χ2v) is 2.03. The average Bonchev–Trinajstić information content (AvgIpc) is 2.15. The van der Waals surface area contributed by atoms with Crippen molar-refractivity contribution in [3.63, 3.8) is 0 Å². The number of hydrogen-bond acceptors (Lipinski definition) is 8. The third-order valence-electron chi connectivity index (χ3n) is 0.890. The second kappa shape index (κ2) is 15.0. The molecule has 0 aliphatic heterocycles. The van der Waals surface area contributed by atoms with Gasteiger partial charge in [0.2, 0.25) is 0 Å². The van der Waals surface area contributed by atoms with Crippen LogP contribution in [0.1, 0.15) is 0 Å². The SMILES string of the molecule is O.O=C([O-])C(O)CO.O=C([O-])C(O)CO.[Ca+2]. The molecule has 0 bridgehead atoms. The van der Waals surface area contributed by atoms with Crippen molar-refractivity contribution >= 4 is 49.7 Å². The summed E-state index contributed by atoms with van der Waals surface area (Å²) in [6.45, 7) is -1.58. The van der Waals surface area contributed by atoms with Crippen LogP contribution in [0.3, 0.4) is 0 Å². The quantitative estimate of drug-likeness (QED) is 0.361. The summed E-state index contributed by atoms with van der Waals surface area (Å²) in [6, 6.07) is 0. The van der Waals surface area contributed by atoms with Gasteiger partial charge < -0.3 is 45.7 Å². The van der Waals surface area contributed by atoms with Gasteiger partial charge in [-0.15, -0.1) is 0 Å². The van der Waals surface area contributed by atoms with E-state index >= 15 is 0 Å². The molecule has 0 aromatic carbocycles. The smallest absolute Gasteiger partial charge is 0.547 e. The van der Waals surface area contributed by atoms with Gasteiger partial charge in [-0.25, -0.2) is 0 Å². The van der Waals surface area contributed by atoms with E-state index in [9.17, 15) is 19.8 Å². The molecule has 0 amide bonds. The maximum absolute atomic E-state index is 9.41. The molecule has 0 saturated carbocycles. The first-order chi connectivity index (χ1) is 6.36. The molecule has 0 heterocycles. The Labute approximate surface area is 120 Å². The van der Waals surface area contributed by atoms with Crippen LogP contribution in [0.25, 0.3) is 0 Å². The van der Waals surface area contributed by atoms with E-state index in [1.54, 1.807) is 0 Å². The van der Waals surface area contributed by atoms with Gasteiger partial charge in [-0.2, -0.15) is 0 Å². The van der Waals surface area contributed by atoms with Crippen molar-refractivity contribution in [1.82, 2.24) is 0 Å². The van der Waals surface area contributed by atoms with Crippen molar-refractivity contribution in [1.29, 1.82) is 0 Å². The molecule has 92 valence electrons. The van der Waals surface area contributed by atoms with Gasteiger partial charge in [-0.1, -0.05) is 0 Å². The summed E-state index contributed by atoms with van der Waals surface area (Å²) in [4.78, 5) is 18.8. The molecular weight excluding hydrogens is 256 g/mol. The third-order valence-corrected chi connectivity index (χ3v) is 0.890. The molecule has 9 nitrogen and oxygen atoms in total. The first-order valence-electron chi connectivity index (χ1n) is 3.36. The zero-order valence-corrected chi connectivity index (χ0v) is 10.4. The minimum Gasteiger partial charge on any atom is -0.547 e. The molecule has 0 fully saturated rings. The van der Waals surface area contributed by atoms with E-state index in [4.69, 9.17) is 20.4 Å². The fourth-order valence-corrected chi connectivity index (χ4v) is 0.149. The van der Waals surface area contributed by atoms with Gasteiger partial charge in [0.05, 0.1) is 25.2 Å². The summed E-state index contributed by atoms with van der Waals surface area (Å²) in [5.41, 5.74) is 0. The van der Waals surface area contributed by atoms with Gasteiger partial charge in [0.1, 0.15) is 12.2 Å². The van der Waals surface area contributed by atoms with E-state index in [0.717, 1.165) is 0 Å². The Morgan fingerprint density at radius 3 is 1.12 bits per heavy atom. The van der Waals surface area contributed by atoms with Crippen molar-refractivity contribution < 1.29 is 45.7 Å². The maximum atomic E-state index is 9.41. The predicted molar refractivity (Wildman–Crippen MR) is 45.6 cm³/mol. The molecule has 16 heavy (non-hydrogen) atoms. The van der Waals surface area contributed by atoms with Crippen molar-refractivity contribution in [2.24, 2.45) is 0 Å². The molecule has 6 N–H and O–H groups in total. The Morgan fingerprint density at radius 1 is 0.938 bits per heavy atom. The van der Waals surface area contributed by atoms with Gasteiger partial charge in [0, 0.05) is 0 Å². The summed E-state index contributed by atoms with van der Waals surface area (Å²) in [6.07, 6.45) is -3.47. The molecule has 2 atom stereocenters. The molecular formula is C6H12CaO9. The van der Waals surface area contributed by atoms with Gasteiger partial charge in [0.25, 0.3) is 0 Å². The summed E-state index contributed by atoms with van der Waals surface area (Å²) >= 11 is 0. The number of aliphatic carboxylic acids is 2. The van der Waals surface area contributed by atoms with E-state index in [1.165, 1.54) is 0 Å². The Balaban J connectivity index is -0.0000000800. The van der Waals surface area contributed by atoms with Gasteiger partial charge in [-0.05, 0) is 0 Å². The molecule has 0 aromatic rings. The second-order valence-electron chi connectivity index (χ2n) is 2.03. The Bertz CT molecular complexity index is 165. The number of carbonyl (C=O) groups excluding carboxylic acids is 2. The molecule has 10 heteroatoms. The molecule has 2 unspecified atom stereocenters. The molecule has 0 saturated heterocycles. The van der Waals surface area contributed by atoms with Crippen LogP contribution in [0.4, 0.5) is 0 Å². The van der Waals surface area contributed by atoms with Gasteiger partial charge >= 0.3 is 37.7 Å². The van der Waals surface area contributed by atoms with Crippen molar-refractivity contribution in [2.75, 3.05) is 13.2 Å². The summed E-state index contributed by atoms with van der Waals surface area (Å²) in [5, 5.41) is 50.5. The third kappa shape index (κ3) is 16.4. The molecule has 0 aliphatic rings. The van der Waals surface area contributed by atoms with Crippen LogP contribution in [0.2, 0.25) is 0 Å². The number of carboxylic acid groups (broad SMARTS) is 2. The zero-order chi connectivity index (χ0) is 11.7. The number of carboxylic acids is 2. The van der Waals surface area contributed by atoms with E-state index in [0.29, 0.717) is 0 Å². The standard InChI is InChI=1S/2C3H6O4.Ca.H2O/c2*4-1-2(5)3(6)7;;/h2*2,4-5H,1H2,(H,6,7);;1H2/q;;+2;/p-2. The average molecular weight is 268 g/mol. The predicted octanol–water partition coefficient (Wildman–Crippen LogP) is -7.03. The van der Waals surface area contributed by atoms with Crippen LogP contribution in [-0.2, 0) is 9.59 Å². The van der Waals surface area contributed by atoms with Crippen molar-refractivity contribution in [2.45, 2.75) is 12.2 Å². The molecule has 0 aromatic heterocycles. The van der Waals surface area contributed by atoms with E-state index < -0.39 is 37.4 Å². The zero-order valence-electron chi connectivity index (χ0n) is 8.20. The number of hydrogen-bond donors (Lipinski definition) is 4. The Morgan fingerprint density at radius 2 is 1.12 bits per heavy atom. The summed E-state index contributed by atoms with van der Waals surface area (Å²) in [7, 11) is 0. The Kier molecular flexibility index (Phi) is 23.4. The topological polar surface area (TPSA) is 193 Å². The summed E-state index contributed by atoms with van der Waals surface area (Å²) in [5.74, 6) is -3.30. The fraction of sp³-hybridized carbons (Fsp3) is 0.667. The van der Waals surface area contributed by atoms with Crippen LogP contribution < -0.4 is 10.2 Å². The largest absolute Gasteiger partial charge is 2.00 e. The van der Waals surface area contributed by atoms with Crippen molar-refractivity contribution in [3.8, 4) is 0 Å². The molecule has 0 aliphatic carbocycles. The monoisotopic (exact) mass is 268 g/mol. The molecule has 0 rings (SSSR count). The minimum atomic E-state index is -1.74. The molecule has 0 radical (unpaired) electrons. The maximum Gasteiger partial charge on any atom is 2.00 e. The first kappa shape index (κ1) is 25.0. The van der Waals surface area contributed by atoms with Gasteiger partial charge in [0.15, 0.2) is 0 Å². The normalized spacial score (nSPS) is 11.8. The van der Waals surface area contributed by atoms with Gasteiger partial charge in [-0.3, -0.25) is 0 Å². The Hall–Kier alpha value is -0.000260. The first-order valence-corrected chi connectivity index (χ1v) is 3.36. The van der Waals surface area contributed by atoms with Crippen LogP contribution in [0.15, 0.2) is 0 Å². The fourth-order valence-electron chi connectivity index (χ4n) is 0.149. The number of aliphatic hydroxyl groups is 4. The summed E-state index contributed by atoms with van der Waals surface area (Å²) < 4.78 is 0. The minimum absolute atomic E-state index is 0. The van der Waals surface area contributed by atoms with E-state index in [-0.39, 0.29) is 43.2 Å². The van der Waals surface area contributed by atoms with Crippen LogP contribution >= 0.6 is 0 Å². The molecule has 0 spiro atoms. The van der Waals surface area contributed by atoms with Crippen LogP contribution in [0, 0.1) is 0 Å².